The van der Waals surface area contributed by atoms with Crippen LogP contribution in [0.25, 0.3) is 179 Å². The molecule has 0 unspecified atom stereocenters. The minimum Gasteiger partial charge on any atom is -0.0876 e. The molecular weight excluding hydrogens is 2080 g/mol. The van der Waals surface area contributed by atoms with Gasteiger partial charge in [-0.15, -0.1) is 0 Å². The Bertz CT molecular complexity index is 7320. The van der Waals surface area contributed by atoms with Crippen LogP contribution in [-0.4, -0.2) is 0 Å². The van der Waals surface area contributed by atoms with Crippen LogP contribution in [-0.2, 0) is 11.8 Å². The highest BCUT2D eigenvalue weighted by Crippen LogP contribution is 2.53. The highest BCUT2D eigenvalue weighted by Gasteiger charge is 2.25. The van der Waals surface area contributed by atoms with Crippen molar-refractivity contribution >= 4 is 246 Å². The van der Waals surface area contributed by atoms with Gasteiger partial charge in [0.1, 0.15) is 0 Å². The van der Waals surface area contributed by atoms with Crippen molar-refractivity contribution in [2.24, 2.45) is 0 Å². The Balaban J connectivity index is 0.000000132. The van der Waals surface area contributed by atoms with Gasteiger partial charge < -0.3 is 0 Å². The van der Waals surface area contributed by atoms with Gasteiger partial charge in [0.2, 0.25) is 0 Å². The molecule has 0 radical (unpaired) electrons. The van der Waals surface area contributed by atoms with Gasteiger partial charge in [-0.25, -0.2) is 0 Å². The summed E-state index contributed by atoms with van der Waals surface area (Å²) in [5, 5.41) is 20.9. The molecule has 0 nitrogen and oxygen atoms in total. The first-order chi connectivity index (χ1) is 66.0. The van der Waals surface area contributed by atoms with Crippen LogP contribution in [0.2, 0.25) is 0 Å². The van der Waals surface area contributed by atoms with E-state index in [0.717, 1.165) is 29.6 Å². The molecule has 0 aliphatic heterocycles. The van der Waals surface area contributed by atoms with Crippen LogP contribution >= 0.6 is 112 Å². The number of aryl methyl sites for hydroxylation is 1. The van der Waals surface area contributed by atoms with Gasteiger partial charge in [-0.1, -0.05) is 572 Å². The minimum absolute atomic E-state index is 0.911. The summed E-state index contributed by atoms with van der Waals surface area (Å²) in [4.78, 5) is 0. The number of fused-ring (bicyclic) bond motifs is 8. The Morgan fingerprint density at radius 1 is 0.164 bits per heavy atom. The zero-order valence-electron chi connectivity index (χ0n) is 73.6. The van der Waals surface area contributed by atoms with E-state index in [2.05, 4.69) is 531 Å². The van der Waals surface area contributed by atoms with Gasteiger partial charge in [0.25, 0.3) is 0 Å². The lowest BCUT2D eigenvalue weighted by atomic mass is 9.80. The summed E-state index contributed by atoms with van der Waals surface area (Å²) in [5.74, 6) is 0. The zero-order valence-corrected chi connectivity index (χ0v) is 84.7. The van der Waals surface area contributed by atoms with Crippen LogP contribution in [0.3, 0.4) is 0 Å². The lowest BCUT2D eigenvalue weighted by molar-refractivity contribution is 1.13. The SMILES string of the molecule is BrCc1ccccc1Br.Brc1c2ccccc2c(-c2c3ccccc3c(Br)c3ccccc23)c2ccccc12.Brc1ccccc1/C=C/c1ccccc1.Brc1ccccc1/C=C/c1ccccc1.C(=C\c1ccccc1-c1c2ccccc2c(-c2c3ccccc3c(-c3ccccc3/C=C/c3ccccc3)c3ccccc23)c2ccccc12)/c1ccccc1.CCc1ccccc1Br. The summed E-state index contributed by atoms with van der Waals surface area (Å²) in [6.07, 6.45) is 18.5. The van der Waals surface area contributed by atoms with Crippen LogP contribution < -0.4 is 0 Å². The van der Waals surface area contributed by atoms with E-state index in [1.807, 2.05) is 97.1 Å². The predicted molar refractivity (Wildman–Crippen MR) is 610 cm³/mol. The van der Waals surface area contributed by atoms with E-state index in [-0.39, 0.29) is 0 Å². The number of alkyl halides is 1. The average molecular weight is 2180 g/mol. The quantitative estimate of drug-likeness (QED) is 0.0578. The van der Waals surface area contributed by atoms with Crippen molar-refractivity contribution in [3.8, 4) is 44.5 Å². The molecule has 0 aromatic heterocycles. The summed E-state index contributed by atoms with van der Waals surface area (Å²) < 4.78 is 6.94. The second-order valence-corrected chi connectivity index (χ2v) is 37.7. The number of benzene rings is 22. The van der Waals surface area contributed by atoms with Gasteiger partial charge in [-0.05, 0) is 249 Å². The predicted octanol–water partition coefficient (Wildman–Crippen LogP) is 40.7. The fourth-order valence-corrected chi connectivity index (χ4v) is 21.5. The first-order valence-corrected chi connectivity index (χ1v) is 50.6. The molecule has 0 atom stereocenters. The number of hydrogen-bond donors (Lipinski definition) is 0. The smallest absolute Gasteiger partial charge is 0.0332 e. The first-order valence-electron chi connectivity index (χ1n) is 44.7. The Morgan fingerprint density at radius 3 is 0.582 bits per heavy atom. The zero-order chi connectivity index (χ0) is 91.9. The second kappa shape index (κ2) is 45.8. The molecule has 0 aliphatic rings. The largest absolute Gasteiger partial charge is 0.0876 e. The van der Waals surface area contributed by atoms with Crippen molar-refractivity contribution in [3.63, 3.8) is 0 Å². The normalized spacial score (nSPS) is 11.2. The topological polar surface area (TPSA) is 0 Å². The highest BCUT2D eigenvalue weighted by molar-refractivity contribution is 9.11. The highest BCUT2D eigenvalue weighted by atomic mass is 79.9. The maximum atomic E-state index is 3.89. The Kier molecular flexibility index (Phi) is 31.8. The van der Waals surface area contributed by atoms with Gasteiger partial charge in [0, 0.05) is 32.2 Å². The molecule has 0 bridgehead atoms. The van der Waals surface area contributed by atoms with E-state index in [1.165, 1.54) is 195 Å². The molecule has 0 saturated carbocycles. The molecule has 0 aliphatic carbocycles. The molecule has 22 aromatic carbocycles. The summed E-state index contributed by atoms with van der Waals surface area (Å²) in [6.45, 7) is 2.15. The third-order valence-electron chi connectivity index (χ3n) is 23.8. The third-order valence-corrected chi connectivity index (χ3v) is 29.1. The average Bonchev–Trinajstić information content (AvgIpc) is 0.707. The standard InChI is InChI=1S/C56H38.C28H16Br2.2C14H11Br.C8H9Br.C7H6Br2/c1-3-19-39(20-4-1)35-37-41-23-7-9-25-43(41)53-45-27-11-15-31-49(45)55(50-32-16-12-28-46(50)53)56-51-33-17-13-29-47(51)54(48-30-14-18-34-52(48)56)44-26-10-8-24-42(44)38-36-40-21-5-2-6-22-40;29-27-21-13-5-1-9-17(21)25(18-10-2-6-14-22(18)27)26-19-11-3-7-15-23(19)28(30)24-16-8-4-12-20(24)26;2*15-14-9-5-4-8-13(14)11-10-12-6-2-1-3-7-12;1-2-7-5-3-4-6-8(7)9;8-5-6-3-1-2-4-7(6)9/h1-38H;1-16H;2*1-11H;3-6H,2H2,1H3;1-4H,5H2/b37-35+,38-36+;;2*11-10+;;. The molecule has 22 aromatic rings. The Hall–Kier alpha value is -12.8. The summed E-state index contributed by atoms with van der Waals surface area (Å²) >= 11 is 25.1. The molecule has 0 N–H and O–H groups in total. The lowest BCUT2D eigenvalue weighted by Gasteiger charge is -2.23. The lowest BCUT2D eigenvalue weighted by Crippen LogP contribution is -1.95. The van der Waals surface area contributed by atoms with Crippen molar-refractivity contribution in [1.29, 1.82) is 0 Å². The number of rotatable bonds is 14. The van der Waals surface area contributed by atoms with Crippen LogP contribution in [0.1, 0.15) is 62.6 Å². The maximum Gasteiger partial charge on any atom is 0.0332 e. The van der Waals surface area contributed by atoms with Crippen molar-refractivity contribution < 1.29 is 0 Å². The van der Waals surface area contributed by atoms with Gasteiger partial charge in [-0.2, -0.15) is 0 Å². The summed E-state index contributed by atoms with van der Waals surface area (Å²) in [7, 11) is 0. The molecule has 0 saturated heterocycles. The molecule has 134 heavy (non-hydrogen) atoms. The van der Waals surface area contributed by atoms with Gasteiger partial charge in [0.15, 0.2) is 0 Å². The molecule has 22 rings (SSSR count). The molecule has 0 heterocycles. The maximum absolute atomic E-state index is 3.89. The summed E-state index contributed by atoms with van der Waals surface area (Å²) in [6, 6.07) is 163. The minimum atomic E-state index is 0.911. The van der Waals surface area contributed by atoms with E-state index in [1.54, 1.807) is 0 Å². The first kappa shape index (κ1) is 93.1. The van der Waals surface area contributed by atoms with Gasteiger partial charge >= 0.3 is 0 Å². The monoisotopic (exact) mass is 2170 g/mol. The molecule has 7 heteroatoms. The van der Waals surface area contributed by atoms with Crippen LogP contribution in [0, 0.1) is 0 Å². The van der Waals surface area contributed by atoms with Crippen molar-refractivity contribution in [1.82, 2.24) is 0 Å². The molecular formula is C127H91Br7. The van der Waals surface area contributed by atoms with Crippen LogP contribution in [0.4, 0.5) is 0 Å². The summed E-state index contributed by atoms with van der Waals surface area (Å²) in [5.41, 5.74) is 22.4. The fourth-order valence-electron chi connectivity index (χ4n) is 17.4. The van der Waals surface area contributed by atoms with Crippen molar-refractivity contribution in [2.45, 2.75) is 18.7 Å². The Morgan fingerprint density at radius 2 is 0.351 bits per heavy atom. The third kappa shape index (κ3) is 21.7. The van der Waals surface area contributed by atoms with Crippen LogP contribution in [0.15, 0.2) is 488 Å². The van der Waals surface area contributed by atoms with Crippen LogP contribution in [0.5, 0.6) is 0 Å². The van der Waals surface area contributed by atoms with E-state index < -0.39 is 0 Å². The number of halogens is 7. The Labute approximate surface area is 844 Å². The van der Waals surface area contributed by atoms with Crippen molar-refractivity contribution in [3.05, 3.63) is 544 Å². The number of hydrogen-bond acceptors (Lipinski definition) is 0. The van der Waals surface area contributed by atoms with Crippen molar-refractivity contribution in [2.75, 3.05) is 0 Å². The van der Waals surface area contributed by atoms with Gasteiger partial charge in [-0.3, -0.25) is 0 Å². The van der Waals surface area contributed by atoms with E-state index in [0.29, 0.717) is 0 Å². The molecule has 0 amide bonds. The van der Waals surface area contributed by atoms with E-state index in [4.69, 9.17) is 0 Å². The van der Waals surface area contributed by atoms with E-state index in [9.17, 15) is 0 Å². The molecule has 0 spiro atoms. The molecule has 0 fully saturated rings. The second-order valence-electron chi connectivity index (χ2n) is 32.1. The fraction of sp³-hybridized carbons (Fsp3) is 0.0236. The van der Waals surface area contributed by atoms with Gasteiger partial charge in [0.05, 0.1) is 0 Å². The molecule has 648 valence electrons. The van der Waals surface area contributed by atoms with E-state index >= 15 is 0 Å².